The van der Waals surface area contributed by atoms with Gasteiger partial charge in [0.05, 0.1) is 0 Å². The Labute approximate surface area is 110 Å². The summed E-state index contributed by atoms with van der Waals surface area (Å²) >= 11 is 1.79. The number of carbonyl (C=O) groups excluding carboxylic acids is 1. The van der Waals surface area contributed by atoms with Gasteiger partial charge in [-0.25, -0.2) is 4.39 Å². The Kier molecular flexibility index (Phi) is 4.47. The third-order valence-electron chi connectivity index (χ3n) is 3.01. The predicted molar refractivity (Wildman–Crippen MR) is 70.4 cm³/mol. The number of thioether (sulfide) groups is 1. The van der Waals surface area contributed by atoms with Crippen molar-refractivity contribution in [2.45, 2.75) is 11.7 Å². The standard InChI is InChI=1S/C13H16FNO2S/c1-18-12-6-7-15(8-12)13(16)9-17-11-4-2-10(14)3-5-11/h2-5,12H,6-9H2,1H3/t12-/m1/s1. The van der Waals surface area contributed by atoms with Crippen molar-refractivity contribution in [2.24, 2.45) is 0 Å². The van der Waals surface area contributed by atoms with Crippen LogP contribution < -0.4 is 4.74 Å². The van der Waals surface area contributed by atoms with Crippen molar-refractivity contribution >= 4 is 17.7 Å². The first-order chi connectivity index (χ1) is 8.69. The van der Waals surface area contributed by atoms with Crippen LogP contribution in [0.4, 0.5) is 4.39 Å². The molecule has 1 aliphatic heterocycles. The second-order valence-electron chi connectivity index (χ2n) is 4.23. The average molecular weight is 269 g/mol. The van der Waals surface area contributed by atoms with E-state index in [0.29, 0.717) is 11.0 Å². The molecule has 1 aromatic carbocycles. The second kappa shape index (κ2) is 6.09. The van der Waals surface area contributed by atoms with Crippen molar-refractivity contribution in [1.29, 1.82) is 0 Å². The Bertz CT molecular complexity index is 410. The molecule has 1 heterocycles. The van der Waals surface area contributed by atoms with Gasteiger partial charge in [-0.1, -0.05) is 0 Å². The third-order valence-corrected chi connectivity index (χ3v) is 4.06. The molecule has 0 bridgehead atoms. The lowest BCUT2D eigenvalue weighted by atomic mass is 10.3. The zero-order valence-electron chi connectivity index (χ0n) is 10.3. The molecule has 0 aliphatic carbocycles. The highest BCUT2D eigenvalue weighted by Gasteiger charge is 2.25. The summed E-state index contributed by atoms with van der Waals surface area (Å²) in [5.41, 5.74) is 0. The van der Waals surface area contributed by atoms with Crippen LogP contribution >= 0.6 is 11.8 Å². The van der Waals surface area contributed by atoms with Crippen LogP contribution in [0, 0.1) is 5.82 Å². The maximum Gasteiger partial charge on any atom is 0.260 e. The molecule has 5 heteroatoms. The van der Waals surface area contributed by atoms with Crippen molar-refractivity contribution in [1.82, 2.24) is 4.90 Å². The highest BCUT2D eigenvalue weighted by Crippen LogP contribution is 2.20. The first-order valence-corrected chi connectivity index (χ1v) is 7.17. The number of carbonyl (C=O) groups is 1. The highest BCUT2D eigenvalue weighted by molar-refractivity contribution is 7.99. The van der Waals surface area contributed by atoms with E-state index in [1.807, 2.05) is 4.90 Å². The number of nitrogens with zero attached hydrogens (tertiary/aromatic N) is 1. The Morgan fingerprint density at radius 2 is 2.22 bits per heavy atom. The van der Waals surface area contributed by atoms with Crippen LogP contribution in [0.1, 0.15) is 6.42 Å². The lowest BCUT2D eigenvalue weighted by Gasteiger charge is -2.16. The molecule has 98 valence electrons. The van der Waals surface area contributed by atoms with E-state index < -0.39 is 0 Å². The third kappa shape index (κ3) is 3.38. The van der Waals surface area contributed by atoms with E-state index >= 15 is 0 Å². The molecule has 1 atom stereocenters. The summed E-state index contributed by atoms with van der Waals surface area (Å²) in [6.45, 7) is 1.62. The van der Waals surface area contributed by atoms with Gasteiger partial charge in [0.25, 0.3) is 5.91 Å². The van der Waals surface area contributed by atoms with Gasteiger partial charge in [-0.15, -0.1) is 0 Å². The predicted octanol–water partition coefficient (Wildman–Crippen LogP) is 2.17. The van der Waals surface area contributed by atoms with Crippen LogP contribution in [-0.4, -0.2) is 42.0 Å². The molecule has 0 spiro atoms. The lowest BCUT2D eigenvalue weighted by molar-refractivity contribution is -0.132. The minimum absolute atomic E-state index is 0.00382. The molecule has 1 saturated heterocycles. The Balaban J connectivity index is 1.80. The van der Waals surface area contributed by atoms with E-state index in [9.17, 15) is 9.18 Å². The number of halogens is 1. The van der Waals surface area contributed by atoms with Crippen molar-refractivity contribution in [3.05, 3.63) is 30.1 Å². The number of likely N-dealkylation sites (tertiary alicyclic amines) is 1. The summed E-state index contributed by atoms with van der Waals surface area (Å²) in [6, 6.07) is 5.69. The smallest absolute Gasteiger partial charge is 0.260 e. The van der Waals surface area contributed by atoms with Gasteiger partial charge < -0.3 is 9.64 Å². The van der Waals surface area contributed by atoms with Gasteiger partial charge in [-0.05, 0) is 36.9 Å². The van der Waals surface area contributed by atoms with E-state index in [4.69, 9.17) is 4.74 Å². The summed E-state index contributed by atoms with van der Waals surface area (Å²) in [7, 11) is 0. The first kappa shape index (κ1) is 13.2. The molecule has 1 aliphatic rings. The fraction of sp³-hybridized carbons (Fsp3) is 0.462. The number of hydrogen-bond acceptors (Lipinski definition) is 3. The molecule has 0 N–H and O–H groups in total. The number of rotatable bonds is 4. The zero-order chi connectivity index (χ0) is 13.0. The lowest BCUT2D eigenvalue weighted by Crippen LogP contribution is -2.33. The summed E-state index contributed by atoms with van der Waals surface area (Å²) in [6.07, 6.45) is 3.11. The van der Waals surface area contributed by atoms with Crippen LogP contribution in [0.15, 0.2) is 24.3 Å². The normalized spacial score (nSPS) is 19.0. The minimum Gasteiger partial charge on any atom is -0.484 e. The van der Waals surface area contributed by atoms with Crippen molar-refractivity contribution in [2.75, 3.05) is 26.0 Å². The maximum atomic E-state index is 12.7. The molecule has 0 unspecified atom stereocenters. The topological polar surface area (TPSA) is 29.5 Å². The van der Waals surface area contributed by atoms with Crippen LogP contribution in [-0.2, 0) is 4.79 Å². The molecule has 1 aromatic rings. The summed E-state index contributed by atoms with van der Waals surface area (Å²) in [5, 5.41) is 0.541. The Hall–Kier alpha value is -1.23. The summed E-state index contributed by atoms with van der Waals surface area (Å²) < 4.78 is 18.0. The average Bonchev–Trinajstić information content (AvgIpc) is 2.86. The number of ether oxygens (including phenoxy) is 1. The molecule has 18 heavy (non-hydrogen) atoms. The molecule has 0 aromatic heterocycles. The van der Waals surface area contributed by atoms with Crippen LogP contribution in [0.3, 0.4) is 0 Å². The summed E-state index contributed by atoms with van der Waals surface area (Å²) in [5.74, 6) is 0.206. The fourth-order valence-corrected chi connectivity index (χ4v) is 2.58. The first-order valence-electron chi connectivity index (χ1n) is 5.88. The van der Waals surface area contributed by atoms with Crippen molar-refractivity contribution < 1.29 is 13.9 Å². The number of amides is 1. The van der Waals surface area contributed by atoms with E-state index in [1.165, 1.54) is 24.3 Å². The van der Waals surface area contributed by atoms with E-state index in [-0.39, 0.29) is 18.3 Å². The van der Waals surface area contributed by atoms with Crippen molar-refractivity contribution in [3.63, 3.8) is 0 Å². The molecule has 0 radical (unpaired) electrons. The maximum absolute atomic E-state index is 12.7. The number of benzene rings is 1. The molecule has 1 amide bonds. The highest BCUT2D eigenvalue weighted by atomic mass is 32.2. The molecule has 1 fully saturated rings. The van der Waals surface area contributed by atoms with Gasteiger partial charge in [-0.2, -0.15) is 11.8 Å². The second-order valence-corrected chi connectivity index (χ2v) is 5.37. The minimum atomic E-state index is -0.309. The molecule has 0 saturated carbocycles. The van der Waals surface area contributed by atoms with Crippen LogP contribution in [0.2, 0.25) is 0 Å². The van der Waals surface area contributed by atoms with Gasteiger partial charge >= 0.3 is 0 Å². The summed E-state index contributed by atoms with van der Waals surface area (Å²) in [4.78, 5) is 13.7. The molecular weight excluding hydrogens is 253 g/mol. The largest absolute Gasteiger partial charge is 0.484 e. The van der Waals surface area contributed by atoms with E-state index in [0.717, 1.165) is 19.5 Å². The monoisotopic (exact) mass is 269 g/mol. The van der Waals surface area contributed by atoms with Crippen molar-refractivity contribution in [3.8, 4) is 5.75 Å². The van der Waals surface area contributed by atoms with E-state index in [2.05, 4.69) is 6.26 Å². The SMILES string of the molecule is CS[C@@H]1CCN(C(=O)COc2ccc(F)cc2)C1. The van der Waals surface area contributed by atoms with Gasteiger partial charge in [0, 0.05) is 18.3 Å². The van der Waals surface area contributed by atoms with Gasteiger partial charge in [0.15, 0.2) is 6.61 Å². The van der Waals surface area contributed by atoms with Crippen LogP contribution in [0.25, 0.3) is 0 Å². The molecular formula is C13H16FNO2S. The van der Waals surface area contributed by atoms with E-state index in [1.54, 1.807) is 11.8 Å². The van der Waals surface area contributed by atoms with Gasteiger partial charge in [0.1, 0.15) is 11.6 Å². The Morgan fingerprint density at radius 1 is 1.50 bits per heavy atom. The van der Waals surface area contributed by atoms with Gasteiger partial charge in [0.2, 0.25) is 0 Å². The van der Waals surface area contributed by atoms with Crippen LogP contribution in [0.5, 0.6) is 5.75 Å². The number of hydrogen-bond donors (Lipinski definition) is 0. The van der Waals surface area contributed by atoms with Gasteiger partial charge in [-0.3, -0.25) is 4.79 Å². The quantitative estimate of drug-likeness (QED) is 0.839. The molecule has 3 nitrogen and oxygen atoms in total. The fourth-order valence-electron chi connectivity index (χ4n) is 1.91. The molecule has 2 rings (SSSR count). The zero-order valence-corrected chi connectivity index (χ0v) is 11.1. The Morgan fingerprint density at radius 3 is 2.83 bits per heavy atom.